The minimum Gasteiger partial charge on any atom is -0.496 e. The van der Waals surface area contributed by atoms with Crippen molar-refractivity contribution in [3.63, 3.8) is 0 Å². The number of hydrogen-bond donors (Lipinski definition) is 1. The van der Waals surface area contributed by atoms with Crippen LogP contribution in [0.25, 0.3) is 0 Å². The van der Waals surface area contributed by atoms with Crippen LogP contribution >= 0.6 is 0 Å². The van der Waals surface area contributed by atoms with Crippen molar-refractivity contribution in [2.75, 3.05) is 19.1 Å². The molecule has 5 heteroatoms. The first-order valence-electron chi connectivity index (χ1n) is 8.34. The van der Waals surface area contributed by atoms with Crippen LogP contribution < -0.4 is 15.0 Å². The van der Waals surface area contributed by atoms with Crippen LogP contribution in [0.1, 0.15) is 40.2 Å². The Morgan fingerprint density at radius 3 is 2.52 bits per heavy atom. The molecule has 0 atom stereocenters. The second-order valence-electron chi connectivity index (χ2n) is 6.23. The first-order chi connectivity index (χ1) is 12.1. The molecule has 2 aromatic rings. The first-order valence-corrected chi connectivity index (χ1v) is 8.34. The number of nitrogens with zero attached hydrogens (tertiary/aromatic N) is 1. The maximum absolute atomic E-state index is 12.5. The zero-order valence-electron chi connectivity index (χ0n) is 14.7. The number of carbonyl (C=O) groups excluding carboxylic acids is 2. The molecule has 2 aromatic carbocycles. The van der Waals surface area contributed by atoms with Crippen molar-refractivity contribution in [1.29, 1.82) is 0 Å². The lowest BCUT2D eigenvalue weighted by Crippen LogP contribution is -2.24. The lowest BCUT2D eigenvalue weighted by Gasteiger charge is -2.24. The smallest absolute Gasteiger partial charge is 0.256 e. The Balaban J connectivity index is 2.24. The highest BCUT2D eigenvalue weighted by Gasteiger charge is 2.29. The largest absolute Gasteiger partial charge is 0.496 e. The van der Waals surface area contributed by atoms with Crippen LogP contribution in [0.2, 0.25) is 0 Å². The average Bonchev–Trinajstić information content (AvgIpc) is 3.47. The summed E-state index contributed by atoms with van der Waals surface area (Å²) < 4.78 is 5.48. The Labute approximate surface area is 147 Å². The van der Waals surface area contributed by atoms with Gasteiger partial charge in [-0.05, 0) is 55.0 Å². The Hall–Kier alpha value is -2.82. The second-order valence-corrected chi connectivity index (χ2v) is 6.23. The molecule has 1 fully saturated rings. The molecule has 0 unspecified atom stereocenters. The van der Waals surface area contributed by atoms with E-state index in [1.54, 1.807) is 14.2 Å². The summed E-state index contributed by atoms with van der Waals surface area (Å²) >= 11 is 0. The summed E-state index contributed by atoms with van der Waals surface area (Å²) in [5, 5.41) is 2.64. The van der Waals surface area contributed by atoms with Gasteiger partial charge in [-0.15, -0.1) is 0 Å². The zero-order valence-corrected chi connectivity index (χ0v) is 14.7. The molecule has 1 N–H and O–H groups in total. The lowest BCUT2D eigenvalue weighted by molar-refractivity contribution is -0.106. The van der Waals surface area contributed by atoms with E-state index in [1.165, 1.54) is 4.90 Å². The predicted molar refractivity (Wildman–Crippen MR) is 97.7 cm³/mol. The molecule has 1 aliphatic carbocycles. The quantitative estimate of drug-likeness (QED) is 0.820. The van der Waals surface area contributed by atoms with Gasteiger partial charge in [-0.25, -0.2) is 0 Å². The fraction of sp³-hybridized carbons (Fsp3) is 0.300. The highest BCUT2D eigenvalue weighted by atomic mass is 16.5. The van der Waals surface area contributed by atoms with Crippen molar-refractivity contribution >= 4 is 23.7 Å². The molecule has 0 spiro atoms. The fourth-order valence-corrected chi connectivity index (χ4v) is 3.06. The van der Waals surface area contributed by atoms with Gasteiger partial charge >= 0.3 is 0 Å². The molecule has 5 nitrogen and oxygen atoms in total. The molecule has 0 aromatic heterocycles. The molecular formula is C20H22N2O3. The molecule has 2 amide bonds. The summed E-state index contributed by atoms with van der Waals surface area (Å²) in [6.45, 7) is 1.94. The summed E-state index contributed by atoms with van der Waals surface area (Å²) in [5.74, 6) is 0.672. The van der Waals surface area contributed by atoms with Gasteiger partial charge in [0.25, 0.3) is 5.91 Å². The zero-order chi connectivity index (χ0) is 18.0. The van der Waals surface area contributed by atoms with Gasteiger partial charge in [-0.1, -0.05) is 18.2 Å². The number of amides is 2. The van der Waals surface area contributed by atoms with Gasteiger partial charge in [0.2, 0.25) is 6.41 Å². The number of ether oxygens (including phenoxy) is 1. The Bertz CT molecular complexity index is 813. The molecule has 3 rings (SSSR count). The number of benzene rings is 2. The van der Waals surface area contributed by atoms with Crippen molar-refractivity contribution in [2.24, 2.45) is 0 Å². The van der Waals surface area contributed by atoms with E-state index in [1.807, 2.05) is 43.3 Å². The van der Waals surface area contributed by atoms with Crippen LogP contribution in [0.15, 0.2) is 36.4 Å². The summed E-state index contributed by atoms with van der Waals surface area (Å²) in [7, 11) is 3.11. The van der Waals surface area contributed by atoms with Crippen LogP contribution in [0.3, 0.4) is 0 Å². The molecule has 0 bridgehead atoms. The maximum Gasteiger partial charge on any atom is 0.256 e. The molecule has 1 saturated carbocycles. The van der Waals surface area contributed by atoms with E-state index in [-0.39, 0.29) is 5.91 Å². The lowest BCUT2D eigenvalue weighted by atomic mass is 10.0. The van der Waals surface area contributed by atoms with E-state index in [2.05, 4.69) is 5.32 Å². The van der Waals surface area contributed by atoms with E-state index < -0.39 is 0 Å². The molecule has 1 aliphatic rings. The summed E-state index contributed by atoms with van der Waals surface area (Å²) in [4.78, 5) is 26.0. The van der Waals surface area contributed by atoms with Crippen LogP contribution in [-0.4, -0.2) is 26.5 Å². The monoisotopic (exact) mass is 338 g/mol. The molecule has 25 heavy (non-hydrogen) atoms. The number of para-hydroxylation sites is 1. The van der Waals surface area contributed by atoms with Gasteiger partial charge in [0.05, 0.1) is 18.5 Å². The molecular weight excluding hydrogens is 316 g/mol. The van der Waals surface area contributed by atoms with Crippen molar-refractivity contribution in [2.45, 2.75) is 25.7 Å². The highest BCUT2D eigenvalue weighted by Crippen LogP contribution is 2.45. The molecule has 0 heterocycles. The molecule has 0 saturated heterocycles. The number of nitrogens with one attached hydrogen (secondary N) is 1. The summed E-state index contributed by atoms with van der Waals surface area (Å²) in [6.07, 6.45) is 2.99. The number of anilines is 2. The molecule has 0 aliphatic heterocycles. The topological polar surface area (TPSA) is 58.6 Å². The van der Waals surface area contributed by atoms with Gasteiger partial charge in [0.15, 0.2) is 0 Å². The van der Waals surface area contributed by atoms with Gasteiger partial charge < -0.3 is 10.1 Å². The minimum absolute atomic E-state index is 0.283. The maximum atomic E-state index is 12.5. The van der Waals surface area contributed by atoms with Gasteiger partial charge in [-0.3, -0.25) is 14.5 Å². The third-order valence-corrected chi connectivity index (χ3v) is 4.57. The average molecular weight is 338 g/mol. The van der Waals surface area contributed by atoms with Gasteiger partial charge in [-0.2, -0.15) is 0 Å². The fourth-order valence-electron chi connectivity index (χ4n) is 3.06. The molecule has 130 valence electrons. The van der Waals surface area contributed by atoms with Crippen molar-refractivity contribution in [1.82, 2.24) is 5.32 Å². The van der Waals surface area contributed by atoms with E-state index in [9.17, 15) is 9.59 Å². The standard InChI is InChI=1S/C20H22N2O3/c1-13-6-4-5-7-16(13)22(12-23)17-10-15(14-8-9-14)11-18(25-3)19(17)20(24)21-2/h4-7,10-12,14H,8-9H2,1-3H3,(H,21,24). The number of methoxy groups -OCH3 is 1. The normalized spacial score (nSPS) is 13.2. The predicted octanol–water partition coefficient (Wildman–Crippen LogP) is 3.54. The summed E-state index contributed by atoms with van der Waals surface area (Å²) in [6, 6.07) is 11.4. The summed E-state index contributed by atoms with van der Waals surface area (Å²) in [5.41, 5.74) is 3.71. The number of hydrogen-bond acceptors (Lipinski definition) is 3. The van der Waals surface area contributed by atoms with Gasteiger partial charge in [0.1, 0.15) is 11.3 Å². The molecule has 0 radical (unpaired) electrons. The van der Waals surface area contributed by atoms with Crippen LogP contribution in [0, 0.1) is 6.92 Å². The highest BCUT2D eigenvalue weighted by molar-refractivity contribution is 6.06. The van der Waals surface area contributed by atoms with Crippen LogP contribution in [0.4, 0.5) is 11.4 Å². The van der Waals surface area contributed by atoms with E-state index in [0.29, 0.717) is 22.9 Å². The van der Waals surface area contributed by atoms with E-state index in [0.717, 1.165) is 36.1 Å². The third kappa shape index (κ3) is 3.22. The van der Waals surface area contributed by atoms with Crippen LogP contribution in [0.5, 0.6) is 5.75 Å². The Kier molecular flexibility index (Phi) is 4.74. The van der Waals surface area contributed by atoms with Crippen molar-refractivity contribution in [3.8, 4) is 5.75 Å². The number of rotatable bonds is 6. The van der Waals surface area contributed by atoms with E-state index in [4.69, 9.17) is 4.74 Å². The Morgan fingerprint density at radius 1 is 1.24 bits per heavy atom. The van der Waals surface area contributed by atoms with E-state index >= 15 is 0 Å². The van der Waals surface area contributed by atoms with Gasteiger partial charge in [0, 0.05) is 7.05 Å². The number of aryl methyl sites for hydroxylation is 1. The number of carbonyl (C=O) groups is 2. The minimum atomic E-state index is -0.283. The SMILES string of the molecule is CNC(=O)c1c(OC)cc(C2CC2)cc1N(C=O)c1ccccc1C. The second kappa shape index (κ2) is 6.97. The third-order valence-electron chi connectivity index (χ3n) is 4.57. The Morgan fingerprint density at radius 2 is 1.96 bits per heavy atom. The van der Waals surface area contributed by atoms with Crippen LogP contribution in [-0.2, 0) is 4.79 Å². The van der Waals surface area contributed by atoms with Crippen molar-refractivity contribution in [3.05, 3.63) is 53.1 Å². The van der Waals surface area contributed by atoms with Crippen molar-refractivity contribution < 1.29 is 14.3 Å². The first kappa shape index (κ1) is 17.0.